The summed E-state index contributed by atoms with van der Waals surface area (Å²) in [6.45, 7) is -1.48. The lowest BCUT2D eigenvalue weighted by Gasteiger charge is -2.10. The zero-order chi connectivity index (χ0) is 20.1. The summed E-state index contributed by atoms with van der Waals surface area (Å²) in [7, 11) is 0. The van der Waals surface area contributed by atoms with Crippen molar-refractivity contribution < 1.29 is 22.8 Å². The Hall–Kier alpha value is -2.98. The molecule has 150 valence electrons. The van der Waals surface area contributed by atoms with Crippen LogP contribution in [0.15, 0.2) is 24.3 Å². The number of aromatic nitrogens is 4. The molecule has 1 aliphatic carbocycles. The van der Waals surface area contributed by atoms with Gasteiger partial charge in [-0.05, 0) is 48.2 Å². The van der Waals surface area contributed by atoms with E-state index in [4.69, 9.17) is 0 Å². The fourth-order valence-electron chi connectivity index (χ4n) is 3.04. The fraction of sp³-hybridized carbons (Fsp3) is 0.471. The number of carbonyl (C=O) groups excluding carboxylic acids is 2. The molecule has 0 atom stereocenters. The van der Waals surface area contributed by atoms with Crippen molar-refractivity contribution in [1.82, 2.24) is 25.5 Å². The van der Waals surface area contributed by atoms with E-state index in [0.29, 0.717) is 23.7 Å². The van der Waals surface area contributed by atoms with Gasteiger partial charge in [0, 0.05) is 12.1 Å². The Morgan fingerprint density at radius 1 is 1.14 bits per heavy atom. The maximum absolute atomic E-state index is 12.1. The van der Waals surface area contributed by atoms with Gasteiger partial charge in [-0.3, -0.25) is 9.59 Å². The van der Waals surface area contributed by atoms with Crippen LogP contribution in [0.2, 0.25) is 0 Å². The van der Waals surface area contributed by atoms with Gasteiger partial charge in [-0.25, -0.2) is 0 Å². The van der Waals surface area contributed by atoms with Crippen LogP contribution in [0.4, 0.5) is 18.9 Å². The SMILES string of the molecule is O=C(CC1CCCC1)Nc1ccc(-n2nnc(C(=O)NCC(F)(F)F)n2)cc1. The van der Waals surface area contributed by atoms with Crippen LogP contribution in [0, 0.1) is 5.92 Å². The van der Waals surface area contributed by atoms with Crippen LogP contribution in [-0.4, -0.2) is 44.7 Å². The summed E-state index contributed by atoms with van der Waals surface area (Å²) in [6.07, 6.45) is 0.500. The molecule has 1 aromatic heterocycles. The molecule has 11 heteroatoms. The molecule has 3 rings (SSSR count). The molecule has 2 aromatic rings. The van der Waals surface area contributed by atoms with Crippen LogP contribution in [0.5, 0.6) is 0 Å². The first-order chi connectivity index (χ1) is 13.3. The molecule has 0 bridgehead atoms. The molecular weight excluding hydrogens is 377 g/mol. The lowest BCUT2D eigenvalue weighted by Crippen LogP contribution is -2.34. The third-order valence-corrected chi connectivity index (χ3v) is 4.40. The number of halogens is 3. The molecule has 1 saturated carbocycles. The summed E-state index contributed by atoms with van der Waals surface area (Å²) in [4.78, 5) is 24.7. The highest BCUT2D eigenvalue weighted by Crippen LogP contribution is 2.27. The van der Waals surface area contributed by atoms with Gasteiger partial charge in [0.25, 0.3) is 11.7 Å². The third-order valence-electron chi connectivity index (χ3n) is 4.40. The fourth-order valence-corrected chi connectivity index (χ4v) is 3.04. The number of hydrogen-bond acceptors (Lipinski definition) is 5. The second kappa shape index (κ2) is 8.36. The average molecular weight is 396 g/mol. The van der Waals surface area contributed by atoms with Crippen LogP contribution in [0.3, 0.4) is 0 Å². The molecule has 0 aliphatic heterocycles. The smallest absolute Gasteiger partial charge is 0.340 e. The number of tetrazole rings is 1. The van der Waals surface area contributed by atoms with Gasteiger partial charge in [0.1, 0.15) is 6.54 Å². The van der Waals surface area contributed by atoms with Crippen molar-refractivity contribution in [2.45, 2.75) is 38.3 Å². The highest BCUT2D eigenvalue weighted by Gasteiger charge is 2.28. The first-order valence-corrected chi connectivity index (χ1v) is 8.85. The highest BCUT2D eigenvalue weighted by atomic mass is 19.4. The number of rotatable bonds is 6. The minimum absolute atomic E-state index is 0.0397. The van der Waals surface area contributed by atoms with Crippen LogP contribution in [-0.2, 0) is 4.79 Å². The molecular formula is C17H19F3N6O2. The first kappa shape index (κ1) is 19.8. The molecule has 28 heavy (non-hydrogen) atoms. The molecule has 8 nitrogen and oxygen atoms in total. The van der Waals surface area contributed by atoms with Crippen LogP contribution < -0.4 is 10.6 Å². The van der Waals surface area contributed by atoms with Gasteiger partial charge in [0.05, 0.1) is 5.69 Å². The summed E-state index contributed by atoms with van der Waals surface area (Å²) >= 11 is 0. The average Bonchev–Trinajstić information content (AvgIpc) is 3.31. The van der Waals surface area contributed by atoms with E-state index >= 15 is 0 Å². The van der Waals surface area contributed by atoms with E-state index < -0.39 is 24.5 Å². The number of amides is 2. The Kier molecular flexibility index (Phi) is 5.90. The standard InChI is InChI=1S/C17H19F3N6O2/c18-17(19,20)10-21-16(28)15-23-25-26(24-15)13-7-5-12(6-8-13)22-14(27)9-11-3-1-2-4-11/h5-8,11H,1-4,9-10H2,(H,21,28)(H,22,27). The van der Waals surface area contributed by atoms with Gasteiger partial charge in [-0.2, -0.15) is 13.2 Å². The van der Waals surface area contributed by atoms with Gasteiger partial charge in [0.2, 0.25) is 5.91 Å². The molecule has 0 spiro atoms. The topological polar surface area (TPSA) is 102 Å². The van der Waals surface area contributed by atoms with Crippen molar-refractivity contribution in [3.05, 3.63) is 30.1 Å². The molecule has 1 fully saturated rings. The Labute approximate surface area is 158 Å². The maximum Gasteiger partial charge on any atom is 0.405 e. The quantitative estimate of drug-likeness (QED) is 0.781. The molecule has 0 unspecified atom stereocenters. The van der Waals surface area contributed by atoms with Crippen LogP contribution in [0.1, 0.15) is 42.7 Å². The zero-order valence-corrected chi connectivity index (χ0v) is 14.9. The van der Waals surface area contributed by atoms with E-state index in [2.05, 4.69) is 20.7 Å². The lowest BCUT2D eigenvalue weighted by molar-refractivity contribution is -0.123. The molecule has 0 radical (unpaired) electrons. The normalized spacial score (nSPS) is 14.8. The van der Waals surface area contributed by atoms with E-state index in [1.807, 2.05) is 0 Å². The lowest BCUT2D eigenvalue weighted by atomic mass is 10.0. The Bertz CT molecular complexity index is 828. The number of alkyl halides is 3. The number of nitrogens with one attached hydrogen (secondary N) is 2. The summed E-state index contributed by atoms with van der Waals surface area (Å²) in [5, 5.41) is 15.4. The van der Waals surface area contributed by atoms with Crippen molar-refractivity contribution in [3.63, 3.8) is 0 Å². The zero-order valence-electron chi connectivity index (χ0n) is 14.9. The molecule has 1 aliphatic rings. The number of nitrogens with zero attached hydrogens (tertiary/aromatic N) is 4. The van der Waals surface area contributed by atoms with Crippen LogP contribution >= 0.6 is 0 Å². The van der Waals surface area contributed by atoms with Gasteiger partial charge in [-0.15, -0.1) is 15.0 Å². The summed E-state index contributed by atoms with van der Waals surface area (Å²) in [6, 6.07) is 6.50. The van der Waals surface area contributed by atoms with Crippen molar-refractivity contribution >= 4 is 17.5 Å². The second-order valence-electron chi connectivity index (χ2n) is 6.65. The van der Waals surface area contributed by atoms with E-state index in [-0.39, 0.29) is 5.91 Å². The summed E-state index contributed by atoms with van der Waals surface area (Å²) < 4.78 is 36.4. The number of carbonyl (C=O) groups is 2. The minimum atomic E-state index is -4.52. The van der Waals surface area contributed by atoms with Crippen LogP contribution in [0.25, 0.3) is 5.69 Å². The molecule has 2 amide bonds. The monoisotopic (exact) mass is 396 g/mol. The summed E-state index contributed by atoms with van der Waals surface area (Å²) in [5.41, 5.74) is 1.05. The van der Waals surface area contributed by atoms with Gasteiger partial charge >= 0.3 is 6.18 Å². The molecule has 2 N–H and O–H groups in total. The van der Waals surface area contributed by atoms with Crippen molar-refractivity contribution in [2.24, 2.45) is 5.92 Å². The highest BCUT2D eigenvalue weighted by molar-refractivity contribution is 5.91. The minimum Gasteiger partial charge on any atom is -0.340 e. The molecule has 1 heterocycles. The van der Waals surface area contributed by atoms with Crippen molar-refractivity contribution in [1.29, 1.82) is 0 Å². The predicted molar refractivity (Wildman–Crippen MR) is 92.7 cm³/mol. The molecule has 1 aromatic carbocycles. The molecule has 0 saturated heterocycles. The Balaban J connectivity index is 1.57. The Morgan fingerprint density at radius 2 is 1.82 bits per heavy atom. The van der Waals surface area contributed by atoms with E-state index in [1.54, 1.807) is 29.6 Å². The summed E-state index contributed by atoms with van der Waals surface area (Å²) in [5.74, 6) is -1.14. The van der Waals surface area contributed by atoms with Crippen molar-refractivity contribution in [2.75, 3.05) is 11.9 Å². The van der Waals surface area contributed by atoms with Gasteiger partial charge in [0.15, 0.2) is 0 Å². The van der Waals surface area contributed by atoms with Crippen molar-refractivity contribution in [3.8, 4) is 5.69 Å². The van der Waals surface area contributed by atoms with E-state index in [9.17, 15) is 22.8 Å². The number of anilines is 1. The number of hydrogen-bond donors (Lipinski definition) is 2. The number of benzene rings is 1. The predicted octanol–water partition coefficient (Wildman–Crippen LogP) is 2.47. The van der Waals surface area contributed by atoms with E-state index in [0.717, 1.165) is 17.6 Å². The van der Waals surface area contributed by atoms with Gasteiger partial charge < -0.3 is 10.6 Å². The maximum atomic E-state index is 12.1. The van der Waals surface area contributed by atoms with E-state index in [1.165, 1.54) is 12.8 Å². The second-order valence-corrected chi connectivity index (χ2v) is 6.65. The largest absolute Gasteiger partial charge is 0.405 e. The Morgan fingerprint density at radius 3 is 2.46 bits per heavy atom. The third kappa shape index (κ3) is 5.51. The first-order valence-electron chi connectivity index (χ1n) is 8.85. The van der Waals surface area contributed by atoms with Gasteiger partial charge in [-0.1, -0.05) is 12.8 Å².